The molecular formula is C22H27ClN2O3S. The number of carbonyl (C=O) groups is 1. The summed E-state index contributed by atoms with van der Waals surface area (Å²) in [5.74, 6) is 0.779. The van der Waals surface area contributed by atoms with Crippen LogP contribution >= 0.6 is 22.9 Å². The van der Waals surface area contributed by atoms with E-state index in [2.05, 4.69) is 31.4 Å². The van der Waals surface area contributed by atoms with Gasteiger partial charge in [-0.15, -0.1) is 11.3 Å². The van der Waals surface area contributed by atoms with Gasteiger partial charge in [0.15, 0.2) is 11.5 Å². The first-order chi connectivity index (χ1) is 13.7. The molecule has 0 spiro atoms. The molecule has 156 valence electrons. The summed E-state index contributed by atoms with van der Waals surface area (Å²) < 4.78 is 5.20. The minimum Gasteiger partial charge on any atom is -0.504 e. The van der Waals surface area contributed by atoms with Crippen LogP contribution in [0.2, 0.25) is 5.02 Å². The molecule has 2 atom stereocenters. The Labute approximate surface area is 180 Å². The van der Waals surface area contributed by atoms with Crippen molar-refractivity contribution < 1.29 is 14.6 Å². The normalized spacial score (nSPS) is 21.1. The maximum Gasteiger partial charge on any atom is 0.256 e. The van der Waals surface area contributed by atoms with Gasteiger partial charge >= 0.3 is 0 Å². The molecule has 1 amide bonds. The number of thiophene rings is 1. The Morgan fingerprint density at radius 2 is 2.10 bits per heavy atom. The topological polar surface area (TPSA) is 70.6 Å². The second kappa shape index (κ2) is 7.40. The number of fused-ring (bicyclic) bond motifs is 3. The first-order valence-electron chi connectivity index (χ1n) is 10.0. The summed E-state index contributed by atoms with van der Waals surface area (Å²) in [6, 6.07) is 3.20. The van der Waals surface area contributed by atoms with Gasteiger partial charge in [0.05, 0.1) is 12.7 Å². The van der Waals surface area contributed by atoms with Gasteiger partial charge in [0.2, 0.25) is 0 Å². The number of ether oxygens (including phenoxy) is 1. The van der Waals surface area contributed by atoms with Gasteiger partial charge in [-0.25, -0.2) is 0 Å². The van der Waals surface area contributed by atoms with Crippen LogP contribution in [0, 0.1) is 11.3 Å². The first kappa shape index (κ1) is 20.4. The Bertz CT molecular complexity index is 969. The number of hydrogen-bond acceptors (Lipinski definition) is 5. The monoisotopic (exact) mass is 434 g/mol. The van der Waals surface area contributed by atoms with Crippen molar-refractivity contribution in [1.82, 2.24) is 5.32 Å². The van der Waals surface area contributed by atoms with Crippen molar-refractivity contribution in [2.45, 2.75) is 52.6 Å². The molecule has 29 heavy (non-hydrogen) atoms. The number of phenols is 1. The highest BCUT2D eigenvalue weighted by atomic mass is 35.5. The number of aromatic hydroxyl groups is 1. The maximum absolute atomic E-state index is 13.0. The molecule has 7 heteroatoms. The van der Waals surface area contributed by atoms with E-state index in [-0.39, 0.29) is 17.4 Å². The Balaban J connectivity index is 1.67. The van der Waals surface area contributed by atoms with Crippen LogP contribution in [0.1, 0.15) is 66.1 Å². The van der Waals surface area contributed by atoms with Crippen molar-refractivity contribution in [2.75, 3.05) is 12.4 Å². The fourth-order valence-electron chi connectivity index (χ4n) is 4.38. The molecule has 0 saturated carbocycles. The molecule has 3 N–H and O–H groups in total. The van der Waals surface area contributed by atoms with Crippen molar-refractivity contribution in [3.8, 4) is 11.5 Å². The SMILES string of the molecule is CCC(C)(C)[C@@H]1CCc2c(sc3c2C(=O)N[C@@H](c2cc(Cl)cc(OC)c2O)N3)C1. The molecule has 0 unspecified atom stereocenters. The summed E-state index contributed by atoms with van der Waals surface area (Å²) in [5.41, 5.74) is 2.74. The zero-order valence-electron chi connectivity index (χ0n) is 17.2. The predicted octanol–water partition coefficient (Wildman–Crippen LogP) is 5.51. The predicted molar refractivity (Wildman–Crippen MR) is 117 cm³/mol. The number of benzene rings is 1. The molecule has 5 nitrogen and oxygen atoms in total. The lowest BCUT2D eigenvalue weighted by molar-refractivity contribution is 0.0934. The number of halogens is 1. The Kier molecular flexibility index (Phi) is 5.20. The molecule has 2 heterocycles. The summed E-state index contributed by atoms with van der Waals surface area (Å²) in [5, 5.41) is 18.2. The van der Waals surface area contributed by atoms with Crippen LogP contribution in [-0.4, -0.2) is 18.1 Å². The number of phenolic OH excluding ortho intramolecular Hbond substituents is 1. The number of nitrogens with one attached hydrogen (secondary N) is 2. The van der Waals surface area contributed by atoms with Gasteiger partial charge < -0.3 is 20.5 Å². The molecule has 1 aliphatic carbocycles. The van der Waals surface area contributed by atoms with Gasteiger partial charge in [-0.2, -0.15) is 0 Å². The average molecular weight is 435 g/mol. The van der Waals surface area contributed by atoms with Crippen molar-refractivity contribution in [3.05, 3.63) is 38.7 Å². The van der Waals surface area contributed by atoms with E-state index in [0.29, 0.717) is 21.9 Å². The van der Waals surface area contributed by atoms with Crippen LogP contribution in [0.25, 0.3) is 0 Å². The van der Waals surface area contributed by atoms with E-state index in [9.17, 15) is 9.90 Å². The van der Waals surface area contributed by atoms with Gasteiger partial charge in [0, 0.05) is 21.5 Å². The fourth-order valence-corrected chi connectivity index (χ4v) is 5.95. The molecule has 1 aliphatic heterocycles. The molecule has 1 aromatic carbocycles. The lowest BCUT2D eigenvalue weighted by Gasteiger charge is -2.36. The number of anilines is 1. The van der Waals surface area contributed by atoms with Crippen LogP contribution < -0.4 is 15.4 Å². The number of amides is 1. The number of carbonyl (C=O) groups excluding carboxylic acids is 1. The summed E-state index contributed by atoms with van der Waals surface area (Å²) in [6.07, 6.45) is 3.65. The van der Waals surface area contributed by atoms with E-state index in [4.69, 9.17) is 16.3 Å². The van der Waals surface area contributed by atoms with Gasteiger partial charge in [0.25, 0.3) is 5.91 Å². The van der Waals surface area contributed by atoms with Crippen molar-refractivity contribution in [2.24, 2.45) is 11.3 Å². The third-order valence-electron chi connectivity index (χ3n) is 6.66. The molecule has 0 saturated heterocycles. The van der Waals surface area contributed by atoms with Crippen molar-refractivity contribution in [3.63, 3.8) is 0 Å². The van der Waals surface area contributed by atoms with Crippen LogP contribution in [-0.2, 0) is 12.8 Å². The molecule has 2 aromatic rings. The second-order valence-electron chi connectivity index (χ2n) is 8.59. The molecule has 0 fully saturated rings. The highest BCUT2D eigenvalue weighted by Crippen LogP contribution is 2.48. The van der Waals surface area contributed by atoms with Gasteiger partial charge in [-0.1, -0.05) is 38.8 Å². The summed E-state index contributed by atoms with van der Waals surface area (Å²) >= 11 is 7.86. The number of hydrogen-bond donors (Lipinski definition) is 3. The quantitative estimate of drug-likeness (QED) is 0.593. The Hall–Kier alpha value is -1.92. The Morgan fingerprint density at radius 1 is 1.34 bits per heavy atom. The minimum absolute atomic E-state index is 0.0239. The smallest absolute Gasteiger partial charge is 0.256 e. The summed E-state index contributed by atoms with van der Waals surface area (Å²) in [7, 11) is 1.47. The van der Waals surface area contributed by atoms with Gasteiger partial charge in [-0.05, 0) is 42.2 Å². The summed E-state index contributed by atoms with van der Waals surface area (Å²) in [4.78, 5) is 14.3. The van der Waals surface area contributed by atoms with Crippen LogP contribution in [0.5, 0.6) is 11.5 Å². The minimum atomic E-state index is -0.564. The zero-order valence-corrected chi connectivity index (χ0v) is 18.8. The maximum atomic E-state index is 13.0. The van der Waals surface area contributed by atoms with Crippen LogP contribution in [0.3, 0.4) is 0 Å². The number of rotatable bonds is 4. The van der Waals surface area contributed by atoms with E-state index in [1.807, 2.05) is 0 Å². The Morgan fingerprint density at radius 3 is 2.79 bits per heavy atom. The van der Waals surface area contributed by atoms with Crippen LogP contribution in [0.15, 0.2) is 12.1 Å². The summed E-state index contributed by atoms with van der Waals surface area (Å²) in [6.45, 7) is 6.93. The third-order valence-corrected chi connectivity index (χ3v) is 8.06. The first-order valence-corrected chi connectivity index (χ1v) is 11.2. The molecule has 2 aliphatic rings. The largest absolute Gasteiger partial charge is 0.504 e. The molecule has 0 bridgehead atoms. The molecule has 4 rings (SSSR count). The van der Waals surface area contributed by atoms with E-state index in [1.165, 1.54) is 17.6 Å². The van der Waals surface area contributed by atoms with E-state index >= 15 is 0 Å². The van der Waals surface area contributed by atoms with Gasteiger partial charge in [-0.3, -0.25) is 4.79 Å². The average Bonchev–Trinajstić information content (AvgIpc) is 3.07. The van der Waals surface area contributed by atoms with Crippen LogP contribution in [0.4, 0.5) is 5.00 Å². The standard InChI is InChI=1S/C22H27ClN2O3S/c1-5-22(2,3)11-6-7-13-16(8-11)29-21-17(13)20(27)24-19(25-21)14-9-12(23)10-15(28-4)18(14)26/h9-11,19,25-26H,5-8H2,1-4H3,(H,24,27)/t11-,19-/m1/s1. The van der Waals surface area contributed by atoms with E-state index < -0.39 is 6.17 Å². The fraction of sp³-hybridized carbons (Fsp3) is 0.500. The lowest BCUT2D eigenvalue weighted by Crippen LogP contribution is -2.38. The van der Waals surface area contributed by atoms with Gasteiger partial charge in [0.1, 0.15) is 11.2 Å². The molecule has 0 radical (unpaired) electrons. The third kappa shape index (κ3) is 3.46. The number of methoxy groups -OCH3 is 1. The van der Waals surface area contributed by atoms with E-state index in [0.717, 1.165) is 36.2 Å². The lowest BCUT2D eigenvalue weighted by atomic mass is 9.69. The highest BCUT2D eigenvalue weighted by molar-refractivity contribution is 7.16. The molecular weight excluding hydrogens is 408 g/mol. The van der Waals surface area contributed by atoms with Crippen molar-refractivity contribution in [1.29, 1.82) is 0 Å². The highest BCUT2D eigenvalue weighted by Gasteiger charge is 2.38. The second-order valence-corrected chi connectivity index (χ2v) is 10.1. The zero-order chi connectivity index (χ0) is 20.9. The van der Waals surface area contributed by atoms with E-state index in [1.54, 1.807) is 23.5 Å². The van der Waals surface area contributed by atoms with Crippen molar-refractivity contribution >= 4 is 33.8 Å². The molecule has 1 aromatic heterocycles.